The lowest BCUT2D eigenvalue weighted by Gasteiger charge is -2.24. The lowest BCUT2D eigenvalue weighted by molar-refractivity contribution is -0.240. The van der Waals surface area contributed by atoms with Crippen molar-refractivity contribution in [1.82, 2.24) is 5.06 Å². The minimum atomic E-state index is -4.62. The molecule has 1 amide bonds. The average Bonchev–Trinajstić information content (AvgIpc) is 1.86. The fourth-order valence-electron chi connectivity index (χ4n) is 0.535. The molecule has 0 bridgehead atoms. The van der Waals surface area contributed by atoms with Gasteiger partial charge in [-0.15, -0.1) is 0 Å². The number of rotatable bonds is 2. The number of hydrogen-bond acceptors (Lipinski definition) is 2. The van der Waals surface area contributed by atoms with E-state index >= 15 is 0 Å². The molecule has 0 saturated carbocycles. The minimum absolute atomic E-state index is 0.167. The van der Waals surface area contributed by atoms with Gasteiger partial charge in [0.25, 0.3) is 0 Å². The summed E-state index contributed by atoms with van der Waals surface area (Å²) in [5.74, 6) is 0. The largest absolute Gasteiger partial charge is 0.463 e. The Morgan fingerprint density at radius 3 is 2.08 bits per heavy atom. The van der Waals surface area contributed by atoms with Crippen LogP contribution in [0.15, 0.2) is 0 Å². The smallest absolute Gasteiger partial charge is 0.432 e. The first-order valence-electron chi connectivity index (χ1n) is 2.93. The fraction of sp³-hybridized carbons (Fsp3) is 0.800. The molecule has 7 heteroatoms. The molecule has 0 heterocycles. The zero-order chi connectivity index (χ0) is 9.94. The molecule has 12 heavy (non-hydrogen) atoms. The molecule has 0 rings (SSSR count). The van der Waals surface area contributed by atoms with Gasteiger partial charge in [-0.1, -0.05) is 0 Å². The normalized spacial score (nSPS) is 14.1. The number of halogens is 3. The molecular weight excluding hydrogens is 179 g/mol. The number of amides is 1. The van der Waals surface area contributed by atoms with E-state index in [0.717, 1.165) is 7.11 Å². The van der Waals surface area contributed by atoms with Crippen molar-refractivity contribution in [3.05, 3.63) is 0 Å². The van der Waals surface area contributed by atoms with Gasteiger partial charge in [0.1, 0.15) is 0 Å². The van der Waals surface area contributed by atoms with Gasteiger partial charge in [-0.25, -0.2) is 4.79 Å². The van der Waals surface area contributed by atoms with Crippen LogP contribution in [0.25, 0.3) is 0 Å². The van der Waals surface area contributed by atoms with Crippen LogP contribution in [-0.4, -0.2) is 35.6 Å². The summed E-state index contributed by atoms with van der Waals surface area (Å²) in [6.07, 6.45) is -6.39. The van der Waals surface area contributed by atoms with Crippen LogP contribution in [-0.2, 0) is 4.84 Å². The number of carboxylic acid groups (broad SMARTS) is 1. The molecule has 4 nitrogen and oxygen atoms in total. The SMILES string of the molecule is CON(C(=O)O)C(C)C(F)(F)F. The maximum atomic E-state index is 11.9. The molecular formula is C5H8F3NO3. The zero-order valence-electron chi connectivity index (χ0n) is 6.42. The van der Waals surface area contributed by atoms with Crippen molar-refractivity contribution >= 4 is 6.09 Å². The van der Waals surface area contributed by atoms with Crippen LogP contribution >= 0.6 is 0 Å². The number of hydrogen-bond donors (Lipinski definition) is 1. The quantitative estimate of drug-likeness (QED) is 0.666. The van der Waals surface area contributed by atoms with Crippen molar-refractivity contribution in [2.24, 2.45) is 0 Å². The molecule has 0 aliphatic carbocycles. The highest BCUT2D eigenvalue weighted by Crippen LogP contribution is 2.24. The maximum absolute atomic E-state index is 11.9. The van der Waals surface area contributed by atoms with Crippen LogP contribution in [0.4, 0.5) is 18.0 Å². The minimum Gasteiger partial charge on any atom is -0.463 e. The van der Waals surface area contributed by atoms with Gasteiger partial charge in [-0.05, 0) is 6.92 Å². The fourth-order valence-corrected chi connectivity index (χ4v) is 0.535. The molecule has 1 unspecified atom stereocenters. The van der Waals surface area contributed by atoms with Crippen LogP contribution in [0, 0.1) is 0 Å². The average molecular weight is 187 g/mol. The van der Waals surface area contributed by atoms with Gasteiger partial charge in [-0.2, -0.15) is 18.2 Å². The lowest BCUT2D eigenvalue weighted by Crippen LogP contribution is -2.45. The van der Waals surface area contributed by atoms with Crippen molar-refractivity contribution in [2.75, 3.05) is 7.11 Å². The summed E-state index contributed by atoms with van der Waals surface area (Å²) in [4.78, 5) is 14.1. The topological polar surface area (TPSA) is 49.8 Å². The van der Waals surface area contributed by atoms with Crippen molar-refractivity contribution in [1.29, 1.82) is 0 Å². The highest BCUT2D eigenvalue weighted by molar-refractivity contribution is 5.64. The second-order valence-corrected chi connectivity index (χ2v) is 2.01. The first-order valence-corrected chi connectivity index (χ1v) is 2.93. The molecule has 72 valence electrons. The number of alkyl halides is 3. The Bertz CT molecular complexity index is 170. The van der Waals surface area contributed by atoms with Gasteiger partial charge in [-0.3, -0.25) is 4.84 Å². The van der Waals surface area contributed by atoms with Gasteiger partial charge in [0, 0.05) is 0 Å². The van der Waals surface area contributed by atoms with Gasteiger partial charge < -0.3 is 5.11 Å². The summed E-state index contributed by atoms with van der Waals surface area (Å²) in [5.41, 5.74) is 0. The molecule has 0 spiro atoms. The molecule has 0 aliphatic rings. The van der Waals surface area contributed by atoms with Crippen molar-refractivity contribution < 1.29 is 27.9 Å². The summed E-state index contributed by atoms with van der Waals surface area (Å²) >= 11 is 0. The highest BCUT2D eigenvalue weighted by atomic mass is 19.4. The lowest BCUT2D eigenvalue weighted by atomic mass is 10.3. The van der Waals surface area contributed by atoms with E-state index in [9.17, 15) is 18.0 Å². The molecule has 1 atom stereocenters. The first-order chi connectivity index (χ1) is 5.30. The van der Waals surface area contributed by atoms with E-state index in [0.29, 0.717) is 6.92 Å². The Morgan fingerprint density at radius 2 is 2.00 bits per heavy atom. The number of hydroxylamine groups is 2. The summed E-state index contributed by atoms with van der Waals surface area (Å²) in [6.45, 7) is 0.692. The Labute approximate surface area is 66.5 Å². The molecule has 0 fully saturated rings. The standard InChI is InChI=1S/C5H8F3NO3/c1-3(5(6,7)8)9(12-2)4(10)11/h3H,1-2H3,(H,10,11). The van der Waals surface area contributed by atoms with Crippen LogP contribution in [0.5, 0.6) is 0 Å². The predicted molar refractivity (Wildman–Crippen MR) is 32.4 cm³/mol. The number of carbonyl (C=O) groups is 1. The highest BCUT2D eigenvalue weighted by Gasteiger charge is 2.43. The number of nitrogens with zero attached hydrogens (tertiary/aromatic N) is 1. The van der Waals surface area contributed by atoms with Gasteiger partial charge in [0.2, 0.25) is 0 Å². The van der Waals surface area contributed by atoms with E-state index in [4.69, 9.17) is 5.11 Å². The molecule has 1 N–H and O–H groups in total. The summed E-state index contributed by atoms with van der Waals surface area (Å²) in [7, 11) is 0.857. The Balaban J connectivity index is 4.42. The van der Waals surface area contributed by atoms with Crippen molar-refractivity contribution in [3.63, 3.8) is 0 Å². The Kier molecular flexibility index (Phi) is 3.32. The molecule has 0 saturated heterocycles. The maximum Gasteiger partial charge on any atom is 0.432 e. The van der Waals surface area contributed by atoms with Crippen molar-refractivity contribution in [3.8, 4) is 0 Å². The van der Waals surface area contributed by atoms with Crippen LogP contribution < -0.4 is 0 Å². The van der Waals surface area contributed by atoms with Gasteiger partial charge in [0.15, 0.2) is 6.04 Å². The second-order valence-electron chi connectivity index (χ2n) is 2.01. The van der Waals surface area contributed by atoms with Crippen LogP contribution in [0.2, 0.25) is 0 Å². The summed E-state index contributed by atoms with van der Waals surface area (Å²) < 4.78 is 35.6. The van der Waals surface area contributed by atoms with Crippen LogP contribution in [0.3, 0.4) is 0 Å². The van der Waals surface area contributed by atoms with E-state index in [1.807, 2.05) is 0 Å². The molecule has 0 aromatic carbocycles. The predicted octanol–water partition coefficient (Wildman–Crippen LogP) is 1.48. The van der Waals surface area contributed by atoms with Gasteiger partial charge >= 0.3 is 12.3 Å². The van der Waals surface area contributed by atoms with E-state index in [-0.39, 0.29) is 5.06 Å². The van der Waals surface area contributed by atoms with E-state index in [2.05, 4.69) is 4.84 Å². The summed E-state index contributed by atoms with van der Waals surface area (Å²) in [5, 5.41) is 8.04. The Morgan fingerprint density at radius 1 is 1.58 bits per heavy atom. The van der Waals surface area contributed by atoms with Gasteiger partial charge in [0.05, 0.1) is 7.11 Å². The van der Waals surface area contributed by atoms with E-state index in [1.165, 1.54) is 0 Å². The van der Waals surface area contributed by atoms with Crippen molar-refractivity contribution in [2.45, 2.75) is 19.1 Å². The second kappa shape index (κ2) is 3.61. The third-order valence-corrected chi connectivity index (χ3v) is 1.21. The third kappa shape index (κ3) is 2.57. The zero-order valence-corrected chi connectivity index (χ0v) is 6.42. The Hall–Kier alpha value is -0.980. The van der Waals surface area contributed by atoms with E-state index < -0.39 is 18.3 Å². The molecule has 0 aliphatic heterocycles. The summed E-state index contributed by atoms with van der Waals surface area (Å²) in [6, 6.07) is -2.17. The van der Waals surface area contributed by atoms with E-state index in [1.54, 1.807) is 0 Å². The molecule has 0 aromatic rings. The molecule has 0 radical (unpaired) electrons. The molecule has 0 aromatic heterocycles. The monoisotopic (exact) mass is 187 g/mol. The third-order valence-electron chi connectivity index (χ3n) is 1.21. The van der Waals surface area contributed by atoms with Crippen LogP contribution in [0.1, 0.15) is 6.92 Å². The first kappa shape index (κ1) is 11.0.